The van der Waals surface area contributed by atoms with Gasteiger partial charge in [-0.25, -0.2) is 4.39 Å². The number of aromatic nitrogens is 2. The molecule has 1 amide bonds. The summed E-state index contributed by atoms with van der Waals surface area (Å²) >= 11 is 1.34. The average molecular weight is 395 g/mol. The lowest BCUT2D eigenvalue weighted by Gasteiger charge is -2.07. The van der Waals surface area contributed by atoms with E-state index in [4.69, 9.17) is 0 Å². The summed E-state index contributed by atoms with van der Waals surface area (Å²) in [4.78, 5) is 14.1. The maximum absolute atomic E-state index is 13.1. The molecule has 2 heterocycles. The molecule has 2 N–H and O–H groups in total. The number of halogens is 1. The summed E-state index contributed by atoms with van der Waals surface area (Å²) in [6.45, 7) is 4.25. The molecule has 2 aromatic carbocycles. The molecule has 0 radical (unpaired) electrons. The fourth-order valence-electron chi connectivity index (χ4n) is 3.03. The summed E-state index contributed by atoms with van der Waals surface area (Å²) in [7, 11) is 0. The van der Waals surface area contributed by atoms with Gasteiger partial charge in [0.05, 0.1) is 22.8 Å². The smallest absolute Gasteiger partial charge is 0.265 e. The first-order valence-electron chi connectivity index (χ1n) is 8.73. The number of nitrogens with one attached hydrogen (secondary N) is 1. The minimum absolute atomic E-state index is 0.0353. The van der Waals surface area contributed by atoms with Crippen molar-refractivity contribution >= 4 is 33.1 Å². The Bertz CT molecular complexity index is 1180. The van der Waals surface area contributed by atoms with E-state index in [0.717, 1.165) is 27.0 Å². The number of carbonyl (C=O) groups excluding carboxylic acids is 1. The van der Waals surface area contributed by atoms with Crippen LogP contribution >= 0.6 is 11.3 Å². The number of carbonyl (C=O) groups is 1. The van der Waals surface area contributed by atoms with Gasteiger partial charge in [-0.15, -0.1) is 11.3 Å². The van der Waals surface area contributed by atoms with Crippen LogP contribution in [0.25, 0.3) is 10.2 Å². The maximum Gasteiger partial charge on any atom is 0.265 e. The van der Waals surface area contributed by atoms with E-state index in [1.165, 1.54) is 23.5 Å². The van der Waals surface area contributed by atoms with Crippen LogP contribution in [0.3, 0.4) is 0 Å². The summed E-state index contributed by atoms with van der Waals surface area (Å²) in [5.74, 6) is -0.527. The molecule has 5 nitrogen and oxygen atoms in total. The molecule has 142 valence electrons. The van der Waals surface area contributed by atoms with Crippen molar-refractivity contribution in [3.05, 3.63) is 76.0 Å². The Hall–Kier alpha value is -3.19. The Morgan fingerprint density at radius 1 is 1.18 bits per heavy atom. The highest BCUT2D eigenvalue weighted by Gasteiger charge is 2.17. The molecule has 7 heteroatoms. The van der Waals surface area contributed by atoms with Crippen molar-refractivity contribution in [3.63, 3.8) is 0 Å². The average Bonchev–Trinajstić information content (AvgIpc) is 3.21. The first-order valence-corrected chi connectivity index (χ1v) is 9.55. The van der Waals surface area contributed by atoms with Gasteiger partial charge in [0.25, 0.3) is 5.91 Å². The highest BCUT2D eigenvalue weighted by Crippen LogP contribution is 2.31. The third-order valence-electron chi connectivity index (χ3n) is 4.48. The molecule has 0 aliphatic heterocycles. The number of phenolic OH excluding ortho intramolecular Hbond substituents is 1. The van der Waals surface area contributed by atoms with E-state index in [1.54, 1.807) is 24.3 Å². The van der Waals surface area contributed by atoms with Gasteiger partial charge in [0.1, 0.15) is 16.4 Å². The van der Waals surface area contributed by atoms with Crippen molar-refractivity contribution in [1.82, 2.24) is 9.78 Å². The summed E-state index contributed by atoms with van der Waals surface area (Å²) in [6, 6.07) is 13.2. The SMILES string of the molecule is Cc1ccc(NC(=O)c2cc3c(C)nn(Cc4ccc(F)cc4)c3s2)c(O)c1. The van der Waals surface area contributed by atoms with Gasteiger partial charge < -0.3 is 10.4 Å². The van der Waals surface area contributed by atoms with Gasteiger partial charge in [-0.3, -0.25) is 9.48 Å². The topological polar surface area (TPSA) is 67.2 Å². The fraction of sp³-hybridized carbons (Fsp3) is 0.143. The molecule has 4 rings (SSSR count). The second kappa shape index (κ2) is 7.09. The number of aromatic hydroxyl groups is 1. The van der Waals surface area contributed by atoms with E-state index in [0.29, 0.717) is 17.1 Å². The minimum atomic E-state index is -0.284. The van der Waals surface area contributed by atoms with E-state index in [2.05, 4.69) is 10.4 Å². The number of rotatable bonds is 4. The molecular weight excluding hydrogens is 377 g/mol. The highest BCUT2D eigenvalue weighted by atomic mass is 32.1. The zero-order valence-electron chi connectivity index (χ0n) is 15.4. The van der Waals surface area contributed by atoms with Crippen molar-refractivity contribution in [2.45, 2.75) is 20.4 Å². The van der Waals surface area contributed by atoms with Crippen molar-refractivity contribution in [1.29, 1.82) is 0 Å². The number of aryl methyl sites for hydroxylation is 2. The lowest BCUT2D eigenvalue weighted by molar-refractivity contribution is 0.103. The highest BCUT2D eigenvalue weighted by molar-refractivity contribution is 7.20. The molecule has 0 aliphatic carbocycles. The third-order valence-corrected chi connectivity index (χ3v) is 5.63. The van der Waals surface area contributed by atoms with Crippen LogP contribution in [0.2, 0.25) is 0 Å². The van der Waals surface area contributed by atoms with Crippen molar-refractivity contribution in [2.75, 3.05) is 5.32 Å². The third kappa shape index (κ3) is 3.48. The van der Waals surface area contributed by atoms with Gasteiger partial charge in [0.2, 0.25) is 0 Å². The number of phenols is 1. The van der Waals surface area contributed by atoms with E-state index < -0.39 is 0 Å². The van der Waals surface area contributed by atoms with E-state index in [1.807, 2.05) is 30.7 Å². The predicted octanol–water partition coefficient (Wildman–Crippen LogP) is 4.86. The monoisotopic (exact) mass is 395 g/mol. The number of anilines is 1. The van der Waals surface area contributed by atoms with Gasteiger partial charge in [0, 0.05) is 5.39 Å². The normalized spacial score (nSPS) is 11.1. The van der Waals surface area contributed by atoms with Crippen molar-refractivity contribution in [2.24, 2.45) is 0 Å². The van der Waals surface area contributed by atoms with Crippen LogP contribution in [-0.4, -0.2) is 20.8 Å². The standard InChI is InChI=1S/C21H18FN3O2S/c1-12-3-8-17(18(26)9-12)23-20(27)19-10-16-13(2)24-25(21(16)28-19)11-14-4-6-15(22)7-5-14/h3-10,26H,11H2,1-2H3,(H,23,27). The Morgan fingerprint density at radius 3 is 2.64 bits per heavy atom. The molecule has 2 aromatic heterocycles. The van der Waals surface area contributed by atoms with Crippen LogP contribution in [0.15, 0.2) is 48.5 Å². The molecule has 0 atom stereocenters. The molecule has 0 bridgehead atoms. The van der Waals surface area contributed by atoms with Gasteiger partial charge in [0.15, 0.2) is 0 Å². The Labute approximate surface area is 165 Å². The minimum Gasteiger partial charge on any atom is -0.506 e. The number of hydrogen-bond donors (Lipinski definition) is 2. The van der Waals surface area contributed by atoms with Crippen LogP contribution < -0.4 is 5.32 Å². The number of nitrogens with zero attached hydrogens (tertiary/aromatic N) is 2. The van der Waals surface area contributed by atoms with Crippen molar-refractivity contribution in [3.8, 4) is 5.75 Å². The van der Waals surface area contributed by atoms with Gasteiger partial charge in [-0.2, -0.15) is 5.10 Å². The maximum atomic E-state index is 13.1. The molecular formula is C21H18FN3O2S. The largest absolute Gasteiger partial charge is 0.506 e. The number of fused-ring (bicyclic) bond motifs is 1. The Balaban J connectivity index is 1.62. The molecule has 0 spiro atoms. The molecule has 0 saturated carbocycles. The lowest BCUT2D eigenvalue weighted by atomic mass is 10.2. The summed E-state index contributed by atoms with van der Waals surface area (Å²) in [5.41, 5.74) is 3.03. The molecule has 0 unspecified atom stereocenters. The Kier molecular flexibility index (Phi) is 4.60. The van der Waals surface area contributed by atoms with Crippen LogP contribution in [-0.2, 0) is 6.54 Å². The van der Waals surface area contributed by atoms with Gasteiger partial charge in [-0.05, 0) is 55.3 Å². The fourth-order valence-corrected chi connectivity index (χ4v) is 4.08. The van der Waals surface area contributed by atoms with Crippen LogP contribution in [0.1, 0.15) is 26.5 Å². The quantitative estimate of drug-likeness (QED) is 0.485. The summed E-state index contributed by atoms with van der Waals surface area (Å²) < 4.78 is 14.9. The zero-order valence-corrected chi connectivity index (χ0v) is 16.2. The predicted molar refractivity (Wildman–Crippen MR) is 109 cm³/mol. The second-order valence-corrected chi connectivity index (χ2v) is 7.70. The zero-order chi connectivity index (χ0) is 19.8. The molecule has 0 saturated heterocycles. The molecule has 0 aliphatic rings. The first kappa shape index (κ1) is 18.2. The lowest BCUT2D eigenvalue weighted by Crippen LogP contribution is -2.10. The van der Waals surface area contributed by atoms with Crippen molar-refractivity contribution < 1.29 is 14.3 Å². The Morgan fingerprint density at radius 2 is 1.93 bits per heavy atom. The number of thiophene rings is 1. The summed E-state index contributed by atoms with van der Waals surface area (Å²) in [5, 5.41) is 18.2. The van der Waals surface area contributed by atoms with Crippen LogP contribution in [0.4, 0.5) is 10.1 Å². The van der Waals surface area contributed by atoms with Crippen LogP contribution in [0, 0.1) is 19.7 Å². The second-order valence-electron chi connectivity index (χ2n) is 6.67. The van der Waals surface area contributed by atoms with Gasteiger partial charge in [-0.1, -0.05) is 18.2 Å². The number of benzene rings is 2. The number of amides is 1. The first-order chi connectivity index (χ1) is 13.4. The number of hydrogen-bond acceptors (Lipinski definition) is 4. The van der Waals surface area contributed by atoms with Gasteiger partial charge >= 0.3 is 0 Å². The molecule has 28 heavy (non-hydrogen) atoms. The molecule has 4 aromatic rings. The van der Waals surface area contributed by atoms with Crippen LogP contribution in [0.5, 0.6) is 5.75 Å². The van der Waals surface area contributed by atoms with E-state index >= 15 is 0 Å². The molecule has 0 fully saturated rings. The van der Waals surface area contributed by atoms with E-state index in [9.17, 15) is 14.3 Å². The van der Waals surface area contributed by atoms with E-state index in [-0.39, 0.29) is 17.5 Å². The summed E-state index contributed by atoms with van der Waals surface area (Å²) in [6.07, 6.45) is 0.